The third-order valence-electron chi connectivity index (χ3n) is 6.08. The van der Waals surface area contributed by atoms with E-state index in [2.05, 4.69) is 11.0 Å². The van der Waals surface area contributed by atoms with Gasteiger partial charge in [0.05, 0.1) is 26.8 Å². The fourth-order valence-electron chi connectivity index (χ4n) is 4.63. The number of anilines is 2. The Morgan fingerprint density at radius 3 is 2.73 bits per heavy atom. The fraction of sp³-hybridized carbons (Fsp3) is 0.435. The molecule has 6 nitrogen and oxygen atoms in total. The van der Waals surface area contributed by atoms with E-state index in [-0.39, 0.29) is 24.4 Å². The lowest BCUT2D eigenvalue weighted by Crippen LogP contribution is -2.42. The van der Waals surface area contributed by atoms with E-state index in [1.807, 2.05) is 35.2 Å². The van der Waals surface area contributed by atoms with Crippen LogP contribution in [0.4, 0.5) is 11.4 Å². The number of benzene rings is 2. The molecule has 2 aromatic rings. The van der Waals surface area contributed by atoms with E-state index in [9.17, 15) is 4.79 Å². The predicted octanol–water partition coefficient (Wildman–Crippen LogP) is 3.82. The lowest BCUT2D eigenvalue weighted by Gasteiger charge is -2.34. The first-order valence-electron chi connectivity index (χ1n) is 10.3. The lowest BCUT2D eigenvalue weighted by molar-refractivity contribution is -0.130. The highest BCUT2D eigenvalue weighted by Gasteiger charge is 2.33. The number of fused-ring (bicyclic) bond motifs is 1. The number of hydrogen-bond acceptors (Lipinski definition) is 5. The van der Waals surface area contributed by atoms with Crippen LogP contribution in [-0.4, -0.2) is 44.7 Å². The van der Waals surface area contributed by atoms with Crippen molar-refractivity contribution >= 4 is 29.7 Å². The smallest absolute Gasteiger partial charge is 0.242 e. The van der Waals surface area contributed by atoms with Crippen LogP contribution in [0.5, 0.6) is 11.5 Å². The first-order valence-corrected chi connectivity index (χ1v) is 10.3. The van der Waals surface area contributed by atoms with Gasteiger partial charge in [0.2, 0.25) is 5.91 Å². The fourth-order valence-corrected chi connectivity index (χ4v) is 4.63. The normalized spacial score (nSPS) is 17.9. The molecule has 7 heteroatoms. The topological polar surface area (TPSA) is 68.0 Å². The zero-order chi connectivity index (χ0) is 20.4. The largest absolute Gasteiger partial charge is 0.497 e. The van der Waals surface area contributed by atoms with Gasteiger partial charge in [-0.1, -0.05) is 6.07 Å². The number of nitrogens with zero attached hydrogens (tertiary/aromatic N) is 2. The lowest BCUT2D eigenvalue weighted by atomic mass is 9.99. The van der Waals surface area contributed by atoms with Crippen molar-refractivity contribution in [2.24, 2.45) is 0 Å². The van der Waals surface area contributed by atoms with E-state index in [4.69, 9.17) is 15.2 Å². The average Bonchev–Trinajstić information content (AvgIpc) is 3.24. The van der Waals surface area contributed by atoms with Gasteiger partial charge in [-0.3, -0.25) is 4.79 Å². The van der Waals surface area contributed by atoms with Crippen LogP contribution in [0.15, 0.2) is 36.4 Å². The van der Waals surface area contributed by atoms with Crippen molar-refractivity contribution in [2.75, 3.05) is 44.5 Å². The standard InChI is InChI=1S/C23H29N3O3.ClH/c1-28-16-10-11-18(22(14-16)29-2)21-9-5-13-26(21)23(27)15-25-12-4-6-17-19(24)7-3-8-20(17)25;/h3,7-8,10-11,14,21H,4-6,9,12-13,15,24H2,1-2H3;1H. The zero-order valence-corrected chi connectivity index (χ0v) is 18.4. The molecule has 0 radical (unpaired) electrons. The van der Waals surface area contributed by atoms with Gasteiger partial charge in [0.15, 0.2) is 0 Å². The van der Waals surface area contributed by atoms with Gasteiger partial charge in [0.1, 0.15) is 11.5 Å². The van der Waals surface area contributed by atoms with Crippen molar-refractivity contribution in [3.63, 3.8) is 0 Å². The zero-order valence-electron chi connectivity index (χ0n) is 17.6. The third kappa shape index (κ3) is 4.15. The minimum Gasteiger partial charge on any atom is -0.497 e. The molecule has 0 spiro atoms. The monoisotopic (exact) mass is 431 g/mol. The number of ether oxygens (including phenoxy) is 2. The summed E-state index contributed by atoms with van der Waals surface area (Å²) in [7, 11) is 3.30. The van der Waals surface area contributed by atoms with Crippen LogP contribution in [0, 0.1) is 0 Å². The SMILES string of the molecule is COc1ccc(C2CCCN2C(=O)CN2CCCc3c(N)cccc32)c(OC)c1.Cl. The summed E-state index contributed by atoms with van der Waals surface area (Å²) in [6.07, 6.45) is 3.93. The summed E-state index contributed by atoms with van der Waals surface area (Å²) >= 11 is 0. The third-order valence-corrected chi connectivity index (χ3v) is 6.08. The summed E-state index contributed by atoms with van der Waals surface area (Å²) in [5, 5.41) is 0. The number of carbonyl (C=O) groups excluding carboxylic acids is 1. The van der Waals surface area contributed by atoms with E-state index in [0.717, 1.165) is 67.2 Å². The summed E-state index contributed by atoms with van der Waals surface area (Å²) in [5.41, 5.74) is 10.3. The van der Waals surface area contributed by atoms with Crippen LogP contribution in [0.1, 0.15) is 36.4 Å². The second-order valence-corrected chi connectivity index (χ2v) is 7.72. The van der Waals surface area contributed by atoms with E-state index < -0.39 is 0 Å². The molecule has 0 aromatic heterocycles. The van der Waals surface area contributed by atoms with Gasteiger partial charge in [-0.05, 0) is 55.5 Å². The quantitative estimate of drug-likeness (QED) is 0.729. The second-order valence-electron chi connectivity index (χ2n) is 7.72. The molecule has 2 heterocycles. The molecule has 0 saturated carbocycles. The number of methoxy groups -OCH3 is 2. The van der Waals surface area contributed by atoms with Crippen molar-refractivity contribution in [3.8, 4) is 11.5 Å². The number of amides is 1. The van der Waals surface area contributed by atoms with Crippen LogP contribution in [0.3, 0.4) is 0 Å². The molecule has 1 saturated heterocycles. The van der Waals surface area contributed by atoms with E-state index in [0.29, 0.717) is 6.54 Å². The number of halogens is 1. The van der Waals surface area contributed by atoms with Gasteiger partial charge in [0, 0.05) is 36.1 Å². The molecular weight excluding hydrogens is 402 g/mol. The summed E-state index contributed by atoms with van der Waals surface area (Å²) in [6, 6.07) is 11.9. The Morgan fingerprint density at radius 2 is 1.97 bits per heavy atom. The summed E-state index contributed by atoms with van der Waals surface area (Å²) in [4.78, 5) is 17.5. The van der Waals surface area contributed by atoms with Crippen molar-refractivity contribution in [1.29, 1.82) is 0 Å². The minimum absolute atomic E-state index is 0. The number of rotatable bonds is 5. The van der Waals surface area contributed by atoms with Crippen LogP contribution in [0.25, 0.3) is 0 Å². The molecule has 2 aromatic carbocycles. The number of nitrogens with two attached hydrogens (primary N) is 1. The molecule has 1 unspecified atom stereocenters. The highest BCUT2D eigenvalue weighted by atomic mass is 35.5. The number of likely N-dealkylation sites (tertiary alicyclic amines) is 1. The Morgan fingerprint density at radius 1 is 1.13 bits per heavy atom. The Balaban J connectivity index is 0.00000256. The molecule has 2 aliphatic rings. The Labute approximate surface area is 184 Å². The van der Waals surface area contributed by atoms with E-state index >= 15 is 0 Å². The van der Waals surface area contributed by atoms with Gasteiger partial charge in [-0.25, -0.2) is 0 Å². The molecule has 2 aliphatic heterocycles. The minimum atomic E-state index is 0. The highest BCUT2D eigenvalue weighted by Crippen LogP contribution is 2.39. The maximum atomic E-state index is 13.3. The molecular formula is C23H30ClN3O3. The van der Waals surface area contributed by atoms with Crippen molar-refractivity contribution in [1.82, 2.24) is 4.90 Å². The van der Waals surface area contributed by atoms with E-state index in [1.54, 1.807) is 14.2 Å². The van der Waals surface area contributed by atoms with Crippen molar-refractivity contribution in [2.45, 2.75) is 31.7 Å². The summed E-state index contributed by atoms with van der Waals surface area (Å²) in [6.45, 7) is 2.04. The molecule has 0 aliphatic carbocycles. The predicted molar refractivity (Wildman–Crippen MR) is 122 cm³/mol. The molecule has 0 bridgehead atoms. The van der Waals surface area contributed by atoms with Gasteiger partial charge in [0.25, 0.3) is 0 Å². The molecule has 2 N–H and O–H groups in total. The summed E-state index contributed by atoms with van der Waals surface area (Å²) in [5.74, 6) is 1.68. The molecule has 1 atom stereocenters. The number of nitrogen functional groups attached to an aromatic ring is 1. The van der Waals surface area contributed by atoms with Crippen molar-refractivity contribution in [3.05, 3.63) is 47.5 Å². The second kappa shape index (κ2) is 9.47. The number of hydrogen-bond donors (Lipinski definition) is 1. The molecule has 30 heavy (non-hydrogen) atoms. The average molecular weight is 432 g/mol. The Bertz CT molecular complexity index is 905. The van der Waals surface area contributed by atoms with Crippen LogP contribution in [0.2, 0.25) is 0 Å². The van der Waals surface area contributed by atoms with Gasteiger partial charge < -0.3 is 25.0 Å². The molecule has 162 valence electrons. The Hall–Kier alpha value is -2.60. The first-order chi connectivity index (χ1) is 14.1. The molecule has 4 rings (SSSR count). The maximum Gasteiger partial charge on any atom is 0.242 e. The highest BCUT2D eigenvalue weighted by molar-refractivity contribution is 5.85. The van der Waals surface area contributed by atoms with Crippen LogP contribution >= 0.6 is 12.4 Å². The van der Waals surface area contributed by atoms with Gasteiger partial charge in [-0.2, -0.15) is 0 Å². The molecule has 1 fully saturated rings. The number of carbonyl (C=O) groups is 1. The molecule has 1 amide bonds. The van der Waals surface area contributed by atoms with Crippen molar-refractivity contribution < 1.29 is 14.3 Å². The first kappa shape index (κ1) is 22.1. The summed E-state index contributed by atoms with van der Waals surface area (Å²) < 4.78 is 10.9. The maximum absolute atomic E-state index is 13.3. The van der Waals surface area contributed by atoms with Gasteiger partial charge in [-0.15, -0.1) is 12.4 Å². The van der Waals surface area contributed by atoms with Gasteiger partial charge >= 0.3 is 0 Å². The van der Waals surface area contributed by atoms with E-state index in [1.165, 1.54) is 5.56 Å². The Kier molecular flexibility index (Phi) is 6.98. The van der Waals surface area contributed by atoms with Crippen LogP contribution in [-0.2, 0) is 11.2 Å². The van der Waals surface area contributed by atoms with Crippen LogP contribution < -0.4 is 20.1 Å².